The average molecular weight is 455 g/mol. The number of hydrogen-bond acceptors (Lipinski definition) is 4. The number of hydrogen-bond donors (Lipinski definition) is 1. The summed E-state index contributed by atoms with van der Waals surface area (Å²) in [5.41, 5.74) is 0.241. The van der Waals surface area contributed by atoms with Gasteiger partial charge in [-0.1, -0.05) is 105 Å². The van der Waals surface area contributed by atoms with Gasteiger partial charge in [-0.15, -0.1) is 0 Å². The molecular weight excluding hydrogens is 427 g/mol. The fourth-order valence-electron chi connectivity index (χ4n) is 3.64. The zero-order chi connectivity index (χ0) is 23.1. The van der Waals surface area contributed by atoms with Crippen LogP contribution in [0.25, 0.3) is 0 Å². The van der Waals surface area contributed by atoms with Crippen LogP contribution in [-0.2, 0) is 0 Å². The van der Waals surface area contributed by atoms with Gasteiger partial charge in [0.25, 0.3) is 5.91 Å². The van der Waals surface area contributed by atoms with Crippen LogP contribution >= 0.6 is 7.05 Å². The molecule has 1 heterocycles. The van der Waals surface area contributed by atoms with Gasteiger partial charge in [0.1, 0.15) is 0 Å². The molecule has 1 amide bonds. The van der Waals surface area contributed by atoms with Crippen LogP contribution in [0.5, 0.6) is 0 Å². The first-order chi connectivity index (χ1) is 16.1. The number of amides is 1. The number of carbonyl (C=O) groups excluding carboxylic acids is 1. The van der Waals surface area contributed by atoms with E-state index < -0.39 is 7.05 Å². The van der Waals surface area contributed by atoms with Crippen molar-refractivity contribution >= 4 is 34.7 Å². The zero-order valence-electron chi connectivity index (χ0n) is 18.8. The Kier molecular flexibility index (Phi) is 7.11. The smallest absolute Gasteiger partial charge is 0.273 e. The van der Waals surface area contributed by atoms with E-state index >= 15 is 0 Å². The fourth-order valence-corrected chi connectivity index (χ4v) is 7.12. The normalized spacial score (nSPS) is 11.2. The number of nitrogens with zero attached hydrogens (tertiary/aromatic N) is 3. The van der Waals surface area contributed by atoms with Crippen molar-refractivity contribution in [3.63, 3.8) is 0 Å². The molecule has 0 bridgehead atoms. The number of carbonyl (C=O) groups is 1. The van der Waals surface area contributed by atoms with E-state index in [0.717, 1.165) is 15.9 Å². The van der Waals surface area contributed by atoms with Gasteiger partial charge in [-0.05, 0) is 5.92 Å². The summed E-state index contributed by atoms with van der Waals surface area (Å²) in [6, 6.07) is 30.8. The van der Waals surface area contributed by atoms with Gasteiger partial charge in [0, 0.05) is 34.9 Å². The van der Waals surface area contributed by atoms with Crippen LogP contribution in [0.1, 0.15) is 24.3 Å². The molecule has 0 radical (unpaired) electrons. The van der Waals surface area contributed by atoms with Crippen molar-refractivity contribution in [2.24, 2.45) is 10.7 Å². The van der Waals surface area contributed by atoms with E-state index in [1.54, 1.807) is 6.20 Å². The van der Waals surface area contributed by atoms with Crippen LogP contribution < -0.4 is 21.2 Å². The summed E-state index contributed by atoms with van der Waals surface area (Å²) in [5, 5.41) is 6.21. The lowest BCUT2D eigenvalue weighted by Crippen LogP contribution is -2.28. The molecule has 0 aliphatic rings. The number of benzene rings is 3. The van der Waals surface area contributed by atoms with Crippen molar-refractivity contribution in [1.29, 1.82) is 0 Å². The molecule has 166 valence electrons. The third-order valence-corrected chi connectivity index (χ3v) is 8.83. The van der Waals surface area contributed by atoms with Crippen molar-refractivity contribution in [3.8, 4) is 0 Å². The maximum Gasteiger partial charge on any atom is 0.273 e. The van der Waals surface area contributed by atoms with Crippen molar-refractivity contribution < 1.29 is 4.79 Å². The number of rotatable bonds is 7. The quantitative estimate of drug-likeness (QED) is 0.413. The number of aromatic nitrogens is 2. The molecule has 4 aromatic rings. The Morgan fingerprint density at radius 3 is 1.70 bits per heavy atom. The SMILES string of the molecule is CC(C)CNC(=O)c1nccnc1N=P(c1ccccc1)(c1ccccc1)c1ccccc1. The Hall–Kier alpha value is -3.56. The highest BCUT2D eigenvalue weighted by atomic mass is 31.2. The molecule has 0 saturated heterocycles. The summed E-state index contributed by atoms with van der Waals surface area (Å²) < 4.78 is 5.33. The second kappa shape index (κ2) is 10.4. The van der Waals surface area contributed by atoms with E-state index in [4.69, 9.17) is 4.74 Å². The van der Waals surface area contributed by atoms with Crippen LogP contribution in [0.4, 0.5) is 5.82 Å². The Morgan fingerprint density at radius 1 is 0.788 bits per heavy atom. The van der Waals surface area contributed by atoms with Crippen molar-refractivity contribution in [1.82, 2.24) is 15.3 Å². The number of nitrogens with one attached hydrogen (secondary N) is 1. The van der Waals surface area contributed by atoms with Crippen LogP contribution in [0.2, 0.25) is 0 Å². The van der Waals surface area contributed by atoms with Crippen molar-refractivity contribution in [3.05, 3.63) is 109 Å². The molecule has 4 rings (SSSR count). The second-order valence-electron chi connectivity index (χ2n) is 8.07. The van der Waals surface area contributed by atoms with E-state index in [2.05, 4.69) is 65.5 Å². The highest BCUT2D eigenvalue weighted by Gasteiger charge is 2.29. The molecule has 0 fully saturated rings. The standard InChI is InChI=1S/C27H27N4OP/c1-21(2)20-30-27(32)25-26(29-19-18-28-25)31-33(22-12-6-3-7-13-22,23-14-8-4-9-15-23)24-16-10-5-11-17-24/h3-19,21H,20H2,1-2H3,(H,30,32). The molecule has 0 aliphatic heterocycles. The van der Waals surface area contributed by atoms with E-state index in [1.807, 2.05) is 54.6 Å². The molecule has 0 atom stereocenters. The first kappa shape index (κ1) is 22.6. The van der Waals surface area contributed by atoms with Crippen LogP contribution in [0.3, 0.4) is 0 Å². The van der Waals surface area contributed by atoms with Crippen molar-refractivity contribution in [2.45, 2.75) is 13.8 Å². The molecule has 1 N–H and O–H groups in total. The summed E-state index contributed by atoms with van der Waals surface area (Å²) in [4.78, 5) is 21.9. The lowest BCUT2D eigenvalue weighted by Gasteiger charge is -2.26. The Labute approximate surface area is 195 Å². The Bertz CT molecular complexity index is 1160. The minimum absolute atomic E-state index is 0.241. The zero-order valence-corrected chi connectivity index (χ0v) is 19.7. The lowest BCUT2D eigenvalue weighted by atomic mass is 10.2. The minimum atomic E-state index is -2.54. The largest absolute Gasteiger partial charge is 0.350 e. The summed E-state index contributed by atoms with van der Waals surface area (Å²) in [5.74, 6) is 0.419. The predicted molar refractivity (Wildman–Crippen MR) is 136 cm³/mol. The van der Waals surface area contributed by atoms with Gasteiger partial charge in [-0.3, -0.25) is 4.79 Å². The van der Waals surface area contributed by atoms with Gasteiger partial charge in [-0.25, -0.2) is 14.7 Å². The topological polar surface area (TPSA) is 67.2 Å². The summed E-state index contributed by atoms with van der Waals surface area (Å²) >= 11 is 0. The lowest BCUT2D eigenvalue weighted by molar-refractivity contribution is 0.0944. The van der Waals surface area contributed by atoms with Gasteiger partial charge in [-0.2, -0.15) is 0 Å². The van der Waals surface area contributed by atoms with Gasteiger partial charge < -0.3 is 5.32 Å². The van der Waals surface area contributed by atoms with E-state index in [-0.39, 0.29) is 11.6 Å². The van der Waals surface area contributed by atoms with Crippen LogP contribution in [0.15, 0.2) is 108 Å². The van der Waals surface area contributed by atoms with Crippen LogP contribution in [-0.4, -0.2) is 22.4 Å². The van der Waals surface area contributed by atoms with Gasteiger partial charge >= 0.3 is 0 Å². The summed E-state index contributed by atoms with van der Waals surface area (Å²) in [7, 11) is -2.54. The molecule has 0 aliphatic carbocycles. The molecule has 0 spiro atoms. The molecule has 5 nitrogen and oxygen atoms in total. The highest BCUT2D eigenvalue weighted by molar-refractivity contribution is 7.87. The third-order valence-electron chi connectivity index (χ3n) is 5.20. The third kappa shape index (κ3) is 4.94. The molecule has 33 heavy (non-hydrogen) atoms. The van der Waals surface area contributed by atoms with E-state index in [0.29, 0.717) is 18.3 Å². The highest BCUT2D eigenvalue weighted by Crippen LogP contribution is 2.49. The van der Waals surface area contributed by atoms with Crippen LogP contribution in [0, 0.1) is 5.92 Å². The molecule has 0 saturated carbocycles. The van der Waals surface area contributed by atoms with Gasteiger partial charge in [0.2, 0.25) is 0 Å². The predicted octanol–water partition coefficient (Wildman–Crippen LogP) is 4.67. The van der Waals surface area contributed by atoms with Gasteiger partial charge in [0.15, 0.2) is 11.5 Å². The van der Waals surface area contributed by atoms with E-state index in [1.165, 1.54) is 6.20 Å². The Morgan fingerprint density at radius 2 is 1.24 bits per heavy atom. The fraction of sp³-hybridized carbons (Fsp3) is 0.148. The molecule has 1 aromatic heterocycles. The molecule has 6 heteroatoms. The van der Waals surface area contributed by atoms with E-state index in [9.17, 15) is 4.79 Å². The first-order valence-electron chi connectivity index (χ1n) is 11.0. The maximum absolute atomic E-state index is 13.0. The van der Waals surface area contributed by atoms with Gasteiger partial charge in [0.05, 0.1) is 7.05 Å². The van der Waals surface area contributed by atoms with Crippen molar-refractivity contribution in [2.75, 3.05) is 6.54 Å². The minimum Gasteiger partial charge on any atom is -0.350 e. The Balaban J connectivity index is 2.03. The second-order valence-corrected chi connectivity index (χ2v) is 11.1. The molecule has 0 unspecified atom stereocenters. The monoisotopic (exact) mass is 454 g/mol. The first-order valence-corrected chi connectivity index (χ1v) is 12.7. The maximum atomic E-state index is 13.0. The molecular formula is C27H27N4OP. The summed E-state index contributed by atoms with van der Waals surface area (Å²) in [6.45, 7) is 4.67. The summed E-state index contributed by atoms with van der Waals surface area (Å²) in [6.07, 6.45) is 3.13. The average Bonchev–Trinajstić information content (AvgIpc) is 2.87. The molecule has 3 aromatic carbocycles.